The number of hydrogen-bond donors (Lipinski definition) is 3. The van der Waals surface area contributed by atoms with Crippen LogP contribution in [0, 0.1) is 0 Å². The van der Waals surface area contributed by atoms with E-state index >= 15 is 0 Å². The van der Waals surface area contributed by atoms with Crippen LogP contribution in [-0.2, 0) is 6.42 Å². The molecule has 2 aromatic heterocycles. The smallest absolute Gasteiger partial charge is 0.302 e. The van der Waals surface area contributed by atoms with E-state index in [1.807, 2.05) is 0 Å². The molecule has 0 bridgehead atoms. The molecule has 138 valence electrons. The van der Waals surface area contributed by atoms with Crippen LogP contribution in [-0.4, -0.2) is 27.0 Å². The van der Waals surface area contributed by atoms with Crippen molar-refractivity contribution in [2.75, 3.05) is 0 Å². The summed E-state index contributed by atoms with van der Waals surface area (Å²) in [4.78, 5) is 13.1. The van der Waals surface area contributed by atoms with Gasteiger partial charge in [-0.3, -0.25) is 4.79 Å². The molecule has 0 saturated carbocycles. The molecule has 0 amide bonds. The summed E-state index contributed by atoms with van der Waals surface area (Å²) in [6, 6.07) is 5.94. The largest absolute Gasteiger partial charge is 0.508 e. The van der Waals surface area contributed by atoms with Gasteiger partial charge in [-0.1, -0.05) is 0 Å². The second-order valence-electron chi connectivity index (χ2n) is 7.42. The number of aliphatic hydroxyl groups is 1. The van der Waals surface area contributed by atoms with E-state index in [2.05, 4.69) is 0 Å². The molecule has 5 rings (SSSR count). The van der Waals surface area contributed by atoms with Crippen LogP contribution in [0.1, 0.15) is 19.4 Å². The van der Waals surface area contributed by atoms with Crippen LogP contribution in [0.15, 0.2) is 37.9 Å². The standard InChI is InChI=1S/C20H16O7/c1-20(2,24)14-6-10-12(25-14)7-13-16(17(10)22)18(23)15-9-4-3-8(21)5-11(9)26-19(15)27-13/h3-5,7,14,21-22,24H,6H2,1-2H3/t14-/m0/s1. The van der Waals surface area contributed by atoms with Gasteiger partial charge < -0.3 is 28.9 Å². The van der Waals surface area contributed by atoms with Crippen molar-refractivity contribution < 1.29 is 28.9 Å². The maximum atomic E-state index is 13.1. The molecule has 0 radical (unpaired) electrons. The van der Waals surface area contributed by atoms with E-state index in [0.717, 1.165) is 0 Å². The fourth-order valence-corrected chi connectivity index (χ4v) is 3.61. The monoisotopic (exact) mass is 368 g/mol. The molecule has 0 spiro atoms. The second-order valence-corrected chi connectivity index (χ2v) is 7.42. The Labute approximate surface area is 152 Å². The fourth-order valence-electron chi connectivity index (χ4n) is 3.61. The van der Waals surface area contributed by atoms with Crippen LogP contribution in [0.3, 0.4) is 0 Å². The second kappa shape index (κ2) is 4.95. The predicted molar refractivity (Wildman–Crippen MR) is 97.5 cm³/mol. The Bertz CT molecular complexity index is 1300. The molecular formula is C20H16O7. The average Bonchev–Trinajstić information content (AvgIpc) is 3.15. The van der Waals surface area contributed by atoms with Crippen molar-refractivity contribution in [2.24, 2.45) is 0 Å². The molecule has 7 heteroatoms. The van der Waals surface area contributed by atoms with Crippen molar-refractivity contribution in [1.29, 1.82) is 0 Å². The van der Waals surface area contributed by atoms with E-state index in [1.165, 1.54) is 18.2 Å². The van der Waals surface area contributed by atoms with E-state index in [1.54, 1.807) is 19.9 Å². The highest BCUT2D eigenvalue weighted by Gasteiger charge is 2.37. The normalized spacial score (nSPS) is 16.9. The summed E-state index contributed by atoms with van der Waals surface area (Å²) in [7, 11) is 0. The van der Waals surface area contributed by atoms with E-state index < -0.39 is 17.1 Å². The Morgan fingerprint density at radius 1 is 1.07 bits per heavy atom. The first kappa shape index (κ1) is 16.0. The number of hydrogen-bond acceptors (Lipinski definition) is 7. The van der Waals surface area contributed by atoms with Crippen LogP contribution < -0.4 is 10.2 Å². The minimum Gasteiger partial charge on any atom is -0.508 e. The lowest BCUT2D eigenvalue weighted by atomic mass is 9.96. The molecule has 3 N–H and O–H groups in total. The maximum absolute atomic E-state index is 13.1. The number of ether oxygens (including phenoxy) is 1. The van der Waals surface area contributed by atoms with E-state index in [9.17, 15) is 20.1 Å². The predicted octanol–water partition coefficient (Wildman–Crippen LogP) is 3.18. The summed E-state index contributed by atoms with van der Waals surface area (Å²) in [6.45, 7) is 3.25. The molecule has 27 heavy (non-hydrogen) atoms. The number of benzene rings is 2. The quantitative estimate of drug-likeness (QED) is 0.473. The van der Waals surface area contributed by atoms with Crippen molar-refractivity contribution in [2.45, 2.75) is 32.0 Å². The van der Waals surface area contributed by atoms with Crippen molar-refractivity contribution in [1.82, 2.24) is 0 Å². The Balaban J connectivity index is 1.84. The van der Waals surface area contributed by atoms with Gasteiger partial charge in [0.1, 0.15) is 45.3 Å². The highest BCUT2D eigenvalue weighted by molar-refractivity contribution is 6.07. The lowest BCUT2D eigenvalue weighted by molar-refractivity contribution is -0.0229. The van der Waals surface area contributed by atoms with E-state index in [-0.39, 0.29) is 40.1 Å². The molecule has 1 aliphatic heterocycles. The molecule has 0 unspecified atom stereocenters. The topological polar surface area (TPSA) is 113 Å². The van der Waals surface area contributed by atoms with Crippen LogP contribution in [0.25, 0.3) is 33.1 Å². The highest BCUT2D eigenvalue weighted by Crippen LogP contribution is 2.43. The number of phenols is 2. The zero-order chi connectivity index (χ0) is 19.1. The summed E-state index contributed by atoms with van der Waals surface area (Å²) >= 11 is 0. The van der Waals surface area contributed by atoms with Gasteiger partial charge in [0.05, 0.1) is 5.60 Å². The molecular weight excluding hydrogens is 352 g/mol. The first-order chi connectivity index (χ1) is 12.7. The van der Waals surface area contributed by atoms with Crippen molar-refractivity contribution in [3.8, 4) is 17.2 Å². The van der Waals surface area contributed by atoms with Gasteiger partial charge in [0.15, 0.2) is 0 Å². The average molecular weight is 368 g/mol. The summed E-state index contributed by atoms with van der Waals surface area (Å²) in [6.07, 6.45) is -0.268. The number of aromatic hydroxyl groups is 2. The molecule has 0 aliphatic carbocycles. The number of furan rings is 1. The van der Waals surface area contributed by atoms with E-state index in [0.29, 0.717) is 22.3 Å². The summed E-state index contributed by atoms with van der Waals surface area (Å²) < 4.78 is 17.0. The van der Waals surface area contributed by atoms with Gasteiger partial charge >= 0.3 is 5.78 Å². The Hall–Kier alpha value is -3.19. The SMILES string of the molecule is CC(C)(O)[C@@H]1Cc2c(cc3oc4oc5cc(O)ccc5c4c(=O)c3c2O)O1. The van der Waals surface area contributed by atoms with Crippen LogP contribution in [0.5, 0.6) is 17.2 Å². The summed E-state index contributed by atoms with van der Waals surface area (Å²) in [5.41, 5.74) is -0.634. The highest BCUT2D eigenvalue weighted by atomic mass is 16.5. The molecule has 2 aromatic carbocycles. The molecule has 1 atom stereocenters. The first-order valence-corrected chi connectivity index (χ1v) is 8.50. The van der Waals surface area contributed by atoms with Crippen molar-refractivity contribution in [3.05, 3.63) is 40.1 Å². The number of rotatable bonds is 1. The van der Waals surface area contributed by atoms with Gasteiger partial charge in [0, 0.05) is 29.5 Å². The lowest BCUT2D eigenvalue weighted by Crippen LogP contribution is -2.39. The molecule has 4 aromatic rings. The summed E-state index contributed by atoms with van der Waals surface area (Å²) in [5.74, 6) is 0.164. The molecule has 1 aliphatic rings. The molecule has 0 fully saturated rings. The number of fused-ring (bicyclic) bond motifs is 5. The minimum atomic E-state index is -1.11. The Morgan fingerprint density at radius 2 is 1.81 bits per heavy atom. The van der Waals surface area contributed by atoms with Gasteiger partial charge in [0.25, 0.3) is 0 Å². The third-order valence-corrected chi connectivity index (χ3v) is 5.07. The van der Waals surface area contributed by atoms with Gasteiger partial charge in [-0.15, -0.1) is 0 Å². The van der Waals surface area contributed by atoms with Gasteiger partial charge in [-0.05, 0) is 26.0 Å². The third-order valence-electron chi connectivity index (χ3n) is 5.07. The van der Waals surface area contributed by atoms with Crippen molar-refractivity contribution in [3.63, 3.8) is 0 Å². The first-order valence-electron chi connectivity index (χ1n) is 8.50. The molecule has 3 heterocycles. The fraction of sp³-hybridized carbons (Fsp3) is 0.250. The van der Waals surface area contributed by atoms with Gasteiger partial charge in [-0.2, -0.15) is 0 Å². The Morgan fingerprint density at radius 3 is 2.56 bits per heavy atom. The van der Waals surface area contributed by atoms with Crippen molar-refractivity contribution >= 4 is 33.1 Å². The van der Waals surface area contributed by atoms with E-state index in [4.69, 9.17) is 13.6 Å². The zero-order valence-corrected chi connectivity index (χ0v) is 14.6. The molecule has 0 saturated heterocycles. The summed E-state index contributed by atoms with van der Waals surface area (Å²) in [5, 5.41) is 31.3. The minimum absolute atomic E-state index is 0.00415. The van der Waals surface area contributed by atoms with Crippen LogP contribution in [0.2, 0.25) is 0 Å². The van der Waals surface area contributed by atoms with Gasteiger partial charge in [-0.25, -0.2) is 0 Å². The third kappa shape index (κ3) is 2.15. The van der Waals surface area contributed by atoms with Gasteiger partial charge in [0.2, 0.25) is 5.43 Å². The number of phenolic OH excluding ortho intramolecular Hbond substituents is 2. The van der Waals surface area contributed by atoms with Crippen LogP contribution in [0.4, 0.5) is 0 Å². The van der Waals surface area contributed by atoms with Crippen LogP contribution >= 0.6 is 0 Å². The Kier molecular flexibility index (Phi) is 2.94. The zero-order valence-electron chi connectivity index (χ0n) is 14.6. The lowest BCUT2D eigenvalue weighted by Gasteiger charge is -2.24. The molecule has 7 nitrogen and oxygen atoms in total. The maximum Gasteiger partial charge on any atom is 0.302 e.